The highest BCUT2D eigenvalue weighted by molar-refractivity contribution is 5.80. The van der Waals surface area contributed by atoms with Crippen molar-refractivity contribution < 1.29 is 44.2 Å². The quantitative estimate of drug-likeness (QED) is 0.441. The van der Waals surface area contributed by atoms with E-state index in [1.54, 1.807) is 6.92 Å². The first-order valence-electron chi connectivity index (χ1n) is 10.4. The Morgan fingerprint density at radius 3 is 2.34 bits per heavy atom. The van der Waals surface area contributed by atoms with Crippen LogP contribution in [-0.4, -0.2) is 75.8 Å². The zero-order valence-electron chi connectivity index (χ0n) is 17.0. The summed E-state index contributed by atoms with van der Waals surface area (Å²) in [5.41, 5.74) is -2.46. The van der Waals surface area contributed by atoms with Crippen molar-refractivity contribution in [2.45, 2.75) is 89.9 Å². The number of hydrogen-bond donors (Lipinski definition) is 4. The molecule has 4 N–H and O–H groups in total. The van der Waals surface area contributed by atoms with Gasteiger partial charge in [0.2, 0.25) is 0 Å². The maximum atomic E-state index is 12.7. The van der Waals surface area contributed by atoms with Crippen LogP contribution in [0.15, 0.2) is 0 Å². The Morgan fingerprint density at radius 2 is 1.76 bits per heavy atom. The molecule has 9 heteroatoms. The van der Waals surface area contributed by atoms with Crippen LogP contribution in [0, 0.1) is 28.1 Å². The van der Waals surface area contributed by atoms with Crippen LogP contribution < -0.4 is 0 Å². The number of carbonyl (C=O) groups excluding carboxylic acids is 1. The van der Waals surface area contributed by atoms with Gasteiger partial charge in [0.25, 0.3) is 0 Å². The van der Waals surface area contributed by atoms with Crippen molar-refractivity contribution in [1.29, 1.82) is 0 Å². The Morgan fingerprint density at radius 1 is 1.07 bits per heavy atom. The van der Waals surface area contributed by atoms with Crippen molar-refractivity contribution in [3.63, 3.8) is 0 Å². The molecule has 5 fully saturated rings. The molecule has 1 aliphatic carbocycles. The van der Waals surface area contributed by atoms with Gasteiger partial charge in [0.1, 0.15) is 12.2 Å². The summed E-state index contributed by atoms with van der Waals surface area (Å²) in [5, 5.41) is 42.4. The first-order valence-corrected chi connectivity index (χ1v) is 10.4. The molecule has 4 heterocycles. The van der Waals surface area contributed by atoms with E-state index in [2.05, 4.69) is 0 Å². The third-order valence-electron chi connectivity index (χ3n) is 8.29. The van der Waals surface area contributed by atoms with Gasteiger partial charge in [-0.05, 0) is 24.2 Å². The van der Waals surface area contributed by atoms with Crippen molar-refractivity contribution in [3.8, 4) is 0 Å². The Bertz CT molecular complexity index is 721. The zero-order chi connectivity index (χ0) is 21.1. The van der Waals surface area contributed by atoms with Gasteiger partial charge in [0.15, 0.2) is 25.0 Å². The molecule has 1 saturated carbocycles. The van der Waals surface area contributed by atoms with Crippen molar-refractivity contribution in [3.05, 3.63) is 0 Å². The van der Waals surface area contributed by atoms with E-state index in [1.807, 2.05) is 20.8 Å². The van der Waals surface area contributed by atoms with Gasteiger partial charge in [-0.3, -0.25) is 0 Å². The minimum absolute atomic E-state index is 0.146. The molecule has 164 valence electrons. The third-order valence-corrected chi connectivity index (χ3v) is 8.29. The zero-order valence-corrected chi connectivity index (χ0v) is 17.0. The van der Waals surface area contributed by atoms with E-state index < -0.39 is 72.1 Å². The molecule has 0 aromatic rings. The van der Waals surface area contributed by atoms with E-state index in [0.29, 0.717) is 6.42 Å². The van der Waals surface area contributed by atoms with Crippen molar-refractivity contribution >= 4 is 5.97 Å². The van der Waals surface area contributed by atoms with E-state index in [9.17, 15) is 25.2 Å². The summed E-state index contributed by atoms with van der Waals surface area (Å²) < 4.78 is 23.0. The summed E-state index contributed by atoms with van der Waals surface area (Å²) in [4.78, 5) is 12.7. The molecule has 12 atom stereocenters. The normalized spacial score (nSPS) is 58.6. The fraction of sp³-hybridized carbons (Fsp3) is 0.950. The molecule has 4 saturated heterocycles. The van der Waals surface area contributed by atoms with Crippen molar-refractivity contribution in [2.75, 3.05) is 0 Å². The van der Waals surface area contributed by atoms with Gasteiger partial charge >= 0.3 is 5.97 Å². The molecule has 7 unspecified atom stereocenters. The van der Waals surface area contributed by atoms with E-state index in [0.717, 1.165) is 0 Å². The molecule has 0 amide bonds. The van der Waals surface area contributed by atoms with Gasteiger partial charge in [-0.25, -0.2) is 4.79 Å². The number of hydrogen-bond acceptors (Lipinski definition) is 9. The van der Waals surface area contributed by atoms with Gasteiger partial charge in [0.05, 0.1) is 23.0 Å². The minimum Gasteiger partial charge on any atom is -0.460 e. The maximum Gasteiger partial charge on any atom is 0.336 e. The Balaban J connectivity index is 1.66. The number of aliphatic hydroxyl groups excluding tert-OH is 4. The summed E-state index contributed by atoms with van der Waals surface area (Å²) in [6, 6.07) is 0. The van der Waals surface area contributed by atoms with Crippen LogP contribution in [0.5, 0.6) is 0 Å². The minimum atomic E-state index is -1.45. The lowest BCUT2D eigenvalue weighted by Crippen LogP contribution is -2.58. The molecule has 0 aromatic carbocycles. The lowest BCUT2D eigenvalue weighted by Gasteiger charge is -2.48. The molecule has 4 aliphatic heterocycles. The standard InChI is InChI=1S/C20H30O9/c1-7-11(21)8(26-14(7)23)6-19-10-5-9(18(2,3)4)20(19)12(22)15(24)29-17(20)28-13(19)16(25)27-10/h7-15,17,21-24H,5-6H2,1-4H3/t7-,8?,9-,10?,11+,12-,13?,14?,15-,17?,19?,20?/m0/s1. The van der Waals surface area contributed by atoms with E-state index >= 15 is 0 Å². The molecule has 5 aliphatic rings. The molecule has 0 bridgehead atoms. The predicted octanol–water partition coefficient (Wildman–Crippen LogP) is -0.511. The Labute approximate surface area is 168 Å². The largest absolute Gasteiger partial charge is 0.460 e. The van der Waals surface area contributed by atoms with Crippen LogP contribution in [0.2, 0.25) is 0 Å². The fourth-order valence-corrected chi connectivity index (χ4v) is 7.06. The Hall–Kier alpha value is -0.810. The smallest absolute Gasteiger partial charge is 0.336 e. The molecular weight excluding hydrogens is 384 g/mol. The summed E-state index contributed by atoms with van der Waals surface area (Å²) in [7, 11) is 0. The number of aliphatic hydroxyl groups is 4. The second kappa shape index (κ2) is 5.91. The average molecular weight is 414 g/mol. The van der Waals surface area contributed by atoms with Gasteiger partial charge in [-0.15, -0.1) is 0 Å². The van der Waals surface area contributed by atoms with Crippen LogP contribution in [0.1, 0.15) is 40.5 Å². The average Bonchev–Trinajstić information content (AvgIpc) is 3.30. The topological polar surface area (TPSA) is 135 Å². The molecule has 29 heavy (non-hydrogen) atoms. The second-order valence-corrected chi connectivity index (χ2v) is 10.5. The summed E-state index contributed by atoms with van der Waals surface area (Å²) in [5.74, 6) is -1.20. The number of rotatable bonds is 2. The van der Waals surface area contributed by atoms with Crippen LogP contribution >= 0.6 is 0 Å². The van der Waals surface area contributed by atoms with Gasteiger partial charge < -0.3 is 39.4 Å². The highest BCUT2D eigenvalue weighted by Crippen LogP contribution is 2.76. The van der Waals surface area contributed by atoms with E-state index in [-0.39, 0.29) is 17.8 Å². The Kier molecular flexibility index (Phi) is 4.10. The first-order chi connectivity index (χ1) is 13.5. The van der Waals surface area contributed by atoms with Crippen molar-refractivity contribution in [2.24, 2.45) is 28.1 Å². The fourth-order valence-electron chi connectivity index (χ4n) is 7.06. The van der Waals surface area contributed by atoms with E-state index in [1.165, 1.54) is 0 Å². The van der Waals surface area contributed by atoms with Crippen LogP contribution in [0.3, 0.4) is 0 Å². The first kappa shape index (κ1) is 20.1. The lowest BCUT2D eigenvalue weighted by molar-refractivity contribution is -0.208. The lowest BCUT2D eigenvalue weighted by atomic mass is 9.53. The van der Waals surface area contributed by atoms with Crippen molar-refractivity contribution in [1.82, 2.24) is 0 Å². The number of carbonyl (C=O) groups is 1. The SMILES string of the molecule is C[C@@H]1C(O)OC(CC23C4C[C@@H](C(C)(C)C)C25C(OC3C(=O)O4)O[C@H](O)[C@@H]5O)[C@@H]1O. The maximum absolute atomic E-state index is 12.7. The summed E-state index contributed by atoms with van der Waals surface area (Å²) in [6.45, 7) is 7.81. The summed E-state index contributed by atoms with van der Waals surface area (Å²) >= 11 is 0. The van der Waals surface area contributed by atoms with Gasteiger partial charge in [0, 0.05) is 5.92 Å². The highest BCUT2D eigenvalue weighted by atomic mass is 16.8. The van der Waals surface area contributed by atoms with Gasteiger partial charge in [-0.1, -0.05) is 27.7 Å². The molecule has 9 nitrogen and oxygen atoms in total. The third kappa shape index (κ3) is 2.17. The van der Waals surface area contributed by atoms with Crippen LogP contribution in [0.4, 0.5) is 0 Å². The predicted molar refractivity (Wildman–Crippen MR) is 94.7 cm³/mol. The molecule has 0 aromatic heterocycles. The molecule has 5 rings (SSSR count). The number of ether oxygens (including phenoxy) is 4. The number of esters is 1. The summed E-state index contributed by atoms with van der Waals surface area (Å²) in [6.07, 6.45) is -7.46. The molecule has 0 radical (unpaired) electrons. The second-order valence-electron chi connectivity index (χ2n) is 10.5. The van der Waals surface area contributed by atoms with Gasteiger partial charge in [-0.2, -0.15) is 0 Å². The molecule has 1 spiro atoms. The van der Waals surface area contributed by atoms with E-state index in [4.69, 9.17) is 18.9 Å². The highest BCUT2D eigenvalue weighted by Gasteiger charge is 2.87. The van der Waals surface area contributed by atoms with Crippen LogP contribution in [0.25, 0.3) is 0 Å². The van der Waals surface area contributed by atoms with Crippen LogP contribution in [-0.2, 0) is 23.7 Å². The monoisotopic (exact) mass is 414 g/mol. The molecular formula is C20H30O9.